The molecule has 0 atom stereocenters. The second-order valence-electron chi connectivity index (χ2n) is 8.90. The Morgan fingerprint density at radius 3 is 2.50 bits per heavy atom. The van der Waals surface area contributed by atoms with Crippen molar-refractivity contribution in [3.05, 3.63) is 65.6 Å². The number of piperazine rings is 1. The Morgan fingerprint density at radius 1 is 1.00 bits per heavy atom. The van der Waals surface area contributed by atoms with Crippen LogP contribution < -0.4 is 15.1 Å². The fourth-order valence-electron chi connectivity index (χ4n) is 4.26. The van der Waals surface area contributed by atoms with Crippen LogP contribution in [-0.4, -0.2) is 70.7 Å². The zero-order chi connectivity index (χ0) is 23.5. The number of amides is 1. The molecule has 2 aliphatic rings. The summed E-state index contributed by atoms with van der Waals surface area (Å²) in [5, 5.41) is 10.6. The molecule has 0 bridgehead atoms. The van der Waals surface area contributed by atoms with E-state index in [0.29, 0.717) is 13.0 Å². The molecule has 176 valence electrons. The Morgan fingerprint density at radius 2 is 1.79 bits per heavy atom. The van der Waals surface area contributed by atoms with Gasteiger partial charge in [-0.1, -0.05) is 18.2 Å². The van der Waals surface area contributed by atoms with Gasteiger partial charge in [0.1, 0.15) is 17.5 Å². The van der Waals surface area contributed by atoms with Gasteiger partial charge < -0.3 is 20.0 Å². The highest BCUT2D eigenvalue weighted by Crippen LogP contribution is 2.23. The van der Waals surface area contributed by atoms with Gasteiger partial charge >= 0.3 is 0 Å². The minimum absolute atomic E-state index is 0.0338. The number of carbonyl (C=O) groups is 1. The second kappa shape index (κ2) is 9.64. The number of likely N-dealkylation sites (N-methyl/N-ethyl adjacent to an activating group) is 1. The number of aromatic amines is 1. The molecular weight excluding hydrogens is 428 g/mol. The summed E-state index contributed by atoms with van der Waals surface area (Å²) in [6, 6.07) is 12.1. The molecule has 0 unspecified atom stereocenters. The van der Waals surface area contributed by atoms with E-state index in [0.717, 1.165) is 72.8 Å². The summed E-state index contributed by atoms with van der Waals surface area (Å²) in [6.45, 7) is 6.56. The molecule has 9 nitrogen and oxygen atoms in total. The Kier molecular flexibility index (Phi) is 6.27. The first-order chi connectivity index (χ1) is 16.5. The highest BCUT2D eigenvalue weighted by atomic mass is 16.2. The number of nitrogens with one attached hydrogen (secondary N) is 2. The van der Waals surface area contributed by atoms with Gasteiger partial charge in [0, 0.05) is 62.7 Å². The van der Waals surface area contributed by atoms with Gasteiger partial charge in [0.05, 0.1) is 0 Å². The quantitative estimate of drug-likeness (QED) is 0.587. The second-order valence-corrected chi connectivity index (χ2v) is 8.90. The fraction of sp³-hybridized carbons (Fsp3) is 0.360. The smallest absolute Gasteiger partial charge is 0.250 e. The molecule has 5 rings (SSSR count). The van der Waals surface area contributed by atoms with Crippen LogP contribution in [0.3, 0.4) is 0 Å². The van der Waals surface area contributed by atoms with E-state index < -0.39 is 0 Å². The molecule has 4 heterocycles. The van der Waals surface area contributed by atoms with E-state index in [2.05, 4.69) is 44.5 Å². The Labute approximate surface area is 199 Å². The van der Waals surface area contributed by atoms with Gasteiger partial charge in [-0.25, -0.2) is 9.97 Å². The third kappa shape index (κ3) is 5.09. The summed E-state index contributed by atoms with van der Waals surface area (Å²) >= 11 is 0. The van der Waals surface area contributed by atoms with Gasteiger partial charge in [-0.2, -0.15) is 5.10 Å². The first-order valence-corrected chi connectivity index (χ1v) is 11.7. The molecule has 0 saturated carbocycles. The molecule has 2 aromatic heterocycles. The standard InChI is InChI=1S/C25H30N8O/c1-18-15-23(30-29-18)27-22-17-24(32-13-11-31(2)12-14-32)28-21(26-22)16-19-6-8-20(9-7-19)33-10-4-3-5-25(33)34/h3,5-9,15,17H,4,10-14,16H2,1-2H3,(H2,26,27,28,29,30). The number of anilines is 4. The number of hydrogen-bond donors (Lipinski definition) is 2. The van der Waals surface area contributed by atoms with Crippen LogP contribution in [0.1, 0.15) is 23.5 Å². The number of nitrogens with zero attached hydrogens (tertiary/aromatic N) is 6. The number of benzene rings is 1. The van der Waals surface area contributed by atoms with Crippen molar-refractivity contribution in [1.29, 1.82) is 0 Å². The third-order valence-electron chi connectivity index (χ3n) is 6.20. The van der Waals surface area contributed by atoms with Crippen LogP contribution in [0.15, 0.2) is 48.6 Å². The summed E-state index contributed by atoms with van der Waals surface area (Å²) in [5.74, 6) is 3.17. The zero-order valence-electron chi connectivity index (χ0n) is 19.7. The summed E-state index contributed by atoms with van der Waals surface area (Å²) in [6.07, 6.45) is 5.05. The highest BCUT2D eigenvalue weighted by molar-refractivity contribution is 6.02. The normalized spacial score (nSPS) is 16.8. The lowest BCUT2D eigenvalue weighted by Gasteiger charge is -2.33. The highest BCUT2D eigenvalue weighted by Gasteiger charge is 2.19. The lowest BCUT2D eigenvalue weighted by molar-refractivity contribution is -0.114. The zero-order valence-corrected chi connectivity index (χ0v) is 19.7. The first-order valence-electron chi connectivity index (χ1n) is 11.7. The average Bonchev–Trinajstić information content (AvgIpc) is 3.25. The summed E-state index contributed by atoms with van der Waals surface area (Å²) in [4.78, 5) is 28.3. The Hall–Kier alpha value is -3.72. The summed E-state index contributed by atoms with van der Waals surface area (Å²) < 4.78 is 0. The van der Waals surface area contributed by atoms with E-state index in [1.165, 1.54) is 0 Å². The number of aromatic nitrogens is 4. The van der Waals surface area contributed by atoms with Crippen molar-refractivity contribution in [3.8, 4) is 0 Å². The summed E-state index contributed by atoms with van der Waals surface area (Å²) in [5.41, 5.74) is 3.00. The maximum atomic E-state index is 12.2. The SMILES string of the molecule is Cc1cc(Nc2cc(N3CCN(C)CC3)nc(Cc3ccc(N4CCC=CC4=O)cc3)n2)n[nH]1. The minimum Gasteiger partial charge on any atom is -0.354 e. The van der Waals surface area contributed by atoms with Crippen LogP contribution in [0.4, 0.5) is 23.1 Å². The van der Waals surface area contributed by atoms with Gasteiger partial charge in [0.25, 0.3) is 5.91 Å². The molecule has 1 saturated heterocycles. The molecule has 0 radical (unpaired) electrons. The van der Waals surface area contributed by atoms with Crippen LogP contribution in [0.5, 0.6) is 0 Å². The van der Waals surface area contributed by atoms with Crippen molar-refractivity contribution in [3.63, 3.8) is 0 Å². The van der Waals surface area contributed by atoms with Gasteiger partial charge in [-0.05, 0) is 44.2 Å². The lowest BCUT2D eigenvalue weighted by atomic mass is 10.1. The van der Waals surface area contributed by atoms with Gasteiger partial charge in [0.2, 0.25) is 0 Å². The monoisotopic (exact) mass is 458 g/mol. The van der Waals surface area contributed by atoms with Crippen LogP contribution in [0.2, 0.25) is 0 Å². The molecule has 2 aliphatic heterocycles. The van der Waals surface area contributed by atoms with Crippen molar-refractivity contribution in [2.24, 2.45) is 0 Å². The minimum atomic E-state index is 0.0338. The lowest BCUT2D eigenvalue weighted by Crippen LogP contribution is -2.44. The van der Waals surface area contributed by atoms with Gasteiger partial charge in [-0.15, -0.1) is 0 Å². The van der Waals surface area contributed by atoms with Crippen LogP contribution in [0, 0.1) is 6.92 Å². The van der Waals surface area contributed by atoms with Gasteiger partial charge in [0.15, 0.2) is 5.82 Å². The number of hydrogen-bond acceptors (Lipinski definition) is 7. The maximum absolute atomic E-state index is 12.2. The van der Waals surface area contributed by atoms with E-state index >= 15 is 0 Å². The van der Waals surface area contributed by atoms with E-state index in [9.17, 15) is 4.79 Å². The van der Waals surface area contributed by atoms with E-state index in [4.69, 9.17) is 9.97 Å². The molecule has 1 amide bonds. The van der Waals surface area contributed by atoms with Gasteiger partial charge in [-0.3, -0.25) is 9.89 Å². The van der Waals surface area contributed by atoms with Crippen LogP contribution in [0.25, 0.3) is 0 Å². The number of H-pyrrole nitrogens is 1. The molecular formula is C25H30N8O. The number of aryl methyl sites for hydroxylation is 1. The van der Waals surface area contributed by atoms with Crippen LogP contribution in [-0.2, 0) is 11.2 Å². The molecule has 9 heteroatoms. The Balaban J connectivity index is 1.38. The molecule has 0 aliphatic carbocycles. The first kappa shape index (κ1) is 22.1. The number of carbonyl (C=O) groups excluding carboxylic acids is 1. The third-order valence-corrected chi connectivity index (χ3v) is 6.20. The van der Waals surface area contributed by atoms with E-state index in [1.807, 2.05) is 42.2 Å². The average molecular weight is 459 g/mol. The molecule has 1 aromatic carbocycles. The molecule has 3 aromatic rings. The predicted molar refractivity (Wildman–Crippen MR) is 134 cm³/mol. The molecule has 0 spiro atoms. The Bertz CT molecular complexity index is 1180. The largest absolute Gasteiger partial charge is 0.354 e. The number of rotatable bonds is 6. The predicted octanol–water partition coefficient (Wildman–Crippen LogP) is 2.89. The molecule has 1 fully saturated rings. The topological polar surface area (TPSA) is 93.3 Å². The fourth-order valence-corrected chi connectivity index (χ4v) is 4.26. The van der Waals surface area contributed by atoms with Crippen molar-refractivity contribution >= 4 is 29.0 Å². The summed E-state index contributed by atoms with van der Waals surface area (Å²) in [7, 11) is 2.15. The van der Waals surface area contributed by atoms with E-state index in [-0.39, 0.29) is 5.91 Å². The van der Waals surface area contributed by atoms with Crippen molar-refractivity contribution in [2.45, 2.75) is 19.8 Å². The van der Waals surface area contributed by atoms with Crippen LogP contribution >= 0.6 is 0 Å². The maximum Gasteiger partial charge on any atom is 0.250 e. The van der Waals surface area contributed by atoms with E-state index in [1.54, 1.807) is 6.08 Å². The molecule has 34 heavy (non-hydrogen) atoms. The van der Waals surface area contributed by atoms with Crippen molar-refractivity contribution in [1.82, 2.24) is 25.1 Å². The van der Waals surface area contributed by atoms with Crippen molar-refractivity contribution < 1.29 is 4.79 Å². The van der Waals surface area contributed by atoms with Crippen molar-refractivity contribution in [2.75, 3.05) is 54.9 Å². The molecule has 2 N–H and O–H groups in total.